The number of nitrogens with one attached hydrogen (secondary N) is 8. The van der Waals surface area contributed by atoms with E-state index in [2.05, 4.69) is 42.5 Å². The van der Waals surface area contributed by atoms with Gasteiger partial charge in [-0.15, -0.1) is 0 Å². The first-order valence-electron chi connectivity index (χ1n) is 36.5. The molecule has 7 aliphatic rings. The maximum absolute atomic E-state index is 16.2. The Morgan fingerprint density at radius 1 is 0.661 bits per heavy atom. The molecule has 14 rings (SSSR count). The average Bonchev–Trinajstić information content (AvgIpc) is 0.764. The molecule has 2 saturated heterocycles. The molecule has 9 unspecified atom stereocenters. The van der Waals surface area contributed by atoms with Gasteiger partial charge in [-0.1, -0.05) is 103 Å². The molecule has 0 spiro atoms. The number of primary amides is 1. The van der Waals surface area contributed by atoms with Gasteiger partial charge in [-0.3, -0.25) is 33.6 Å². The highest BCUT2D eigenvalue weighted by Crippen LogP contribution is 2.50. The van der Waals surface area contributed by atoms with Crippen LogP contribution in [0.5, 0.6) is 46.0 Å². The fourth-order valence-corrected chi connectivity index (χ4v) is 15.0. The molecule has 7 aromatic carbocycles. The number of benzene rings is 7. The van der Waals surface area contributed by atoms with Crippen molar-refractivity contribution >= 4 is 82.1 Å². The zero-order valence-corrected chi connectivity index (χ0v) is 64.3. The van der Waals surface area contributed by atoms with Gasteiger partial charge < -0.3 is 128 Å². The Morgan fingerprint density at radius 3 is 1.86 bits per heavy atom. The Labute approximate surface area is 671 Å². The summed E-state index contributed by atoms with van der Waals surface area (Å²) < 4.78 is 39.7. The molecule has 36 heteroatoms. The van der Waals surface area contributed by atoms with E-state index in [-0.39, 0.29) is 58.5 Å². The minimum atomic E-state index is -2.35. The fraction of sp³-hybridized carbons (Fsp3) is 0.367. The van der Waals surface area contributed by atoms with Gasteiger partial charge in [0.15, 0.2) is 29.9 Å². The summed E-state index contributed by atoms with van der Waals surface area (Å²) in [5.41, 5.74) is 10.7. The van der Waals surface area contributed by atoms with Gasteiger partial charge in [0, 0.05) is 52.8 Å². The van der Waals surface area contributed by atoms with Crippen LogP contribution in [0.25, 0.3) is 22.3 Å². The summed E-state index contributed by atoms with van der Waals surface area (Å²) in [7, 11) is 1.48. The van der Waals surface area contributed by atoms with E-state index in [9.17, 15) is 69.9 Å². The molecule has 7 heterocycles. The lowest BCUT2D eigenvalue weighted by Crippen LogP contribution is -2.65. The first-order chi connectivity index (χ1) is 54.6. The summed E-state index contributed by atoms with van der Waals surface area (Å²) in [5.74, 6) is -15.8. The number of carbonyl (C=O) groups is 8. The molecule has 0 saturated carbocycles. The Hall–Kier alpha value is -10.5. The molecule has 33 nitrogen and oxygen atoms in total. The maximum Gasteiger partial charge on any atom is 0.330 e. The monoisotopic (exact) mass is 1650 g/mol. The number of nitrogens with two attached hydrogens (primary N) is 2. The van der Waals surface area contributed by atoms with Crippen LogP contribution in [0.2, 0.25) is 15.1 Å². The average molecular weight is 1650 g/mol. The highest BCUT2D eigenvalue weighted by Gasteiger charge is 2.52. The van der Waals surface area contributed by atoms with E-state index in [4.69, 9.17) is 74.7 Å². The van der Waals surface area contributed by atoms with Gasteiger partial charge in [-0.2, -0.15) is 0 Å². The Balaban J connectivity index is 1.04. The molecular formula is C79H85Cl3N10O23. The summed E-state index contributed by atoms with van der Waals surface area (Å²) in [6, 6.07) is 14.6. The number of aliphatic hydroxyl groups is 5. The van der Waals surface area contributed by atoms with Crippen molar-refractivity contribution in [1.29, 1.82) is 0 Å². The van der Waals surface area contributed by atoms with Crippen molar-refractivity contribution < 1.29 is 113 Å². The quantitative estimate of drug-likeness (QED) is 0.0606. The molecule has 610 valence electrons. The van der Waals surface area contributed by atoms with E-state index in [1.165, 1.54) is 19.2 Å². The van der Waals surface area contributed by atoms with E-state index >= 15 is 14.4 Å². The van der Waals surface area contributed by atoms with Gasteiger partial charge in [0.05, 0.1) is 34.7 Å². The number of ether oxygens (including phenoxy) is 6. The number of hydrogen-bond donors (Lipinski definition) is 19. The van der Waals surface area contributed by atoms with Gasteiger partial charge in [0.1, 0.15) is 89.5 Å². The molecule has 21 N–H and O–H groups in total. The Bertz CT molecular complexity index is 4900. The van der Waals surface area contributed by atoms with E-state index in [1.807, 2.05) is 50.2 Å². The van der Waals surface area contributed by atoms with Crippen molar-refractivity contribution in [3.63, 3.8) is 0 Å². The number of carboxylic acid groups (broad SMARTS) is 1. The van der Waals surface area contributed by atoms with Crippen molar-refractivity contribution in [3.8, 4) is 68.2 Å². The number of phenolic OH excluding ortho intramolecular Hbond substituents is 3. The fourth-order valence-electron chi connectivity index (χ4n) is 14.4. The van der Waals surface area contributed by atoms with Gasteiger partial charge in [0.2, 0.25) is 53.4 Å². The van der Waals surface area contributed by atoms with Gasteiger partial charge >= 0.3 is 5.97 Å². The lowest BCUT2D eigenvalue weighted by atomic mass is 9.84. The van der Waals surface area contributed by atoms with Gasteiger partial charge in [0.25, 0.3) is 0 Å². The zero-order valence-electron chi connectivity index (χ0n) is 62.1. The number of fused-ring (bicyclic) bond motifs is 15. The van der Waals surface area contributed by atoms with Crippen LogP contribution < -0.4 is 68.2 Å². The van der Waals surface area contributed by atoms with E-state index in [1.54, 1.807) is 26.0 Å². The number of phenols is 3. The number of aliphatic carboxylic acids is 1. The molecule has 0 aromatic heterocycles. The number of likely N-dealkylation sites (N-methyl/N-ethyl adjacent to an activating group) is 1. The highest BCUT2D eigenvalue weighted by molar-refractivity contribution is 6.32. The Kier molecular flexibility index (Phi) is 25.5. The van der Waals surface area contributed by atoms with Crippen LogP contribution in [-0.2, 0) is 59.1 Å². The third-order valence-corrected chi connectivity index (χ3v) is 21.5. The summed E-state index contributed by atoms with van der Waals surface area (Å²) >= 11 is 20.5. The summed E-state index contributed by atoms with van der Waals surface area (Å²) in [4.78, 5) is 118. The Morgan fingerprint density at radius 2 is 1.26 bits per heavy atom. The minimum absolute atomic E-state index is 0.101. The van der Waals surface area contributed by atoms with E-state index in [0.717, 1.165) is 83.4 Å². The predicted molar refractivity (Wildman–Crippen MR) is 411 cm³/mol. The number of hydrogen-bond acceptors (Lipinski definition) is 25. The smallest absolute Gasteiger partial charge is 0.330 e. The number of aromatic hydroxyl groups is 3. The zero-order chi connectivity index (χ0) is 82.9. The predicted octanol–water partition coefficient (Wildman–Crippen LogP) is 4.22. The largest absolute Gasteiger partial charge is 0.508 e. The van der Waals surface area contributed by atoms with Crippen LogP contribution in [0.4, 0.5) is 0 Å². The van der Waals surface area contributed by atoms with Gasteiger partial charge in [-0.25, -0.2) is 4.79 Å². The molecule has 11 bridgehead atoms. The van der Waals surface area contributed by atoms with Crippen molar-refractivity contribution in [2.45, 2.75) is 163 Å². The lowest BCUT2D eigenvalue weighted by Gasteiger charge is -2.48. The van der Waals surface area contributed by atoms with Crippen molar-refractivity contribution in [2.24, 2.45) is 17.4 Å². The maximum atomic E-state index is 16.2. The lowest BCUT2D eigenvalue weighted by molar-refractivity contribution is -0.331. The number of rotatable bonds is 17. The molecule has 0 aliphatic carbocycles. The number of aliphatic hydroxyl groups excluding tert-OH is 5. The third kappa shape index (κ3) is 18.3. The van der Waals surface area contributed by atoms with Crippen LogP contribution in [0.1, 0.15) is 111 Å². The van der Waals surface area contributed by atoms with Crippen LogP contribution in [0.3, 0.4) is 0 Å². The number of amides is 7. The van der Waals surface area contributed by atoms with E-state index in [0.29, 0.717) is 5.02 Å². The first-order valence-corrected chi connectivity index (χ1v) is 37.6. The molecule has 7 amide bonds. The second-order valence-electron chi connectivity index (χ2n) is 29.2. The summed E-state index contributed by atoms with van der Waals surface area (Å²) in [6.07, 6.45) is -18.0. The summed E-state index contributed by atoms with van der Waals surface area (Å²) in [5, 5.41) is 127. The standard InChI is InChI=1S/C79H85Cl3N10O23/c1-32(2)20-47(85-5)71(102)91-62-64(97)38-13-18-51(45(81)22-38)111-53-24-40-25-54(68(53)115-78-69(67(100)66(99)55(30-83)113-78)114-57-29-79(4,70(101)33(3)110-57)86-31-34-6-8-35(9-7-34)36-10-15-41(80)16-11-36)112-52-19-14-39(23-46(52)82)65(98)63-76(107)90-61(77(108)109)44-26-42(93)27-50(95)58(44)43-21-37(12-17-49(43)94)59(73(104)92-63)89-74(105)60(40)88-72(103)48(28-56(84)96)87-75(62)106/h6-19,21-27,32-33,47-48,55,57,59-67,69-70,78,85-86,93-95,97-101H,20,28-31,83H2,1-5H3,(H2,84,96)(H,87,106)(H,88,103)(H,89,105)(H,90,107)(H,91,102)(H,92,104)(H,108,109)/t33?,47-,48+,55?,57?,59-,60-,61-,62-,63+,64-,65-,66?,67?,69?,70?,78?,79?/m1/s1. The van der Waals surface area contributed by atoms with Crippen molar-refractivity contribution in [3.05, 3.63) is 176 Å². The van der Waals surface area contributed by atoms with Gasteiger partial charge in [-0.05, 0) is 139 Å². The second kappa shape index (κ2) is 34.9. The van der Waals surface area contributed by atoms with Crippen LogP contribution >= 0.6 is 34.8 Å². The van der Waals surface area contributed by atoms with Crippen molar-refractivity contribution in [2.75, 3.05) is 13.6 Å². The minimum Gasteiger partial charge on any atom is -0.508 e. The van der Waals surface area contributed by atoms with Crippen LogP contribution in [0, 0.1) is 5.92 Å². The first kappa shape index (κ1) is 83.9. The highest BCUT2D eigenvalue weighted by atomic mass is 35.5. The van der Waals surface area contributed by atoms with Crippen LogP contribution in [0.15, 0.2) is 127 Å². The number of halogens is 3. The molecule has 18 atom stereocenters. The van der Waals surface area contributed by atoms with E-state index < -0.39 is 231 Å². The molecule has 2 fully saturated rings. The molecular weight excluding hydrogens is 1560 g/mol. The molecule has 0 radical (unpaired) electrons. The molecule has 7 aliphatic heterocycles. The van der Waals surface area contributed by atoms with Crippen LogP contribution in [-0.4, -0.2) is 186 Å². The number of carboxylic acids is 1. The molecule has 7 aromatic rings. The SMILES string of the molecule is CN[C@H](CC(C)C)C(=O)N[C@H]1C(=O)N[C@@H](CC(N)=O)C(=O)N[C@H]2C(=O)N[C@H]3C(=O)N[C@H](C(=O)N[C@@H](C(=O)O)c4cc(O)cc(O)c4-c4cc3ccc4O)[C@H](O)c3ccc(c(Cl)c3)Oc3cc2cc(c3OC2OC(CN)C(O)C(O)C2OC2CC(C)(NCc3ccc(-c4ccc(Cl)cc4)cc3)C(O)C(C)O2)Oc2ccc(cc2Cl)[C@H]1O. The van der Waals surface area contributed by atoms with Crippen molar-refractivity contribution in [1.82, 2.24) is 42.5 Å². The topological polar surface area (TPSA) is 522 Å². The third-order valence-electron chi connectivity index (χ3n) is 20.6. The summed E-state index contributed by atoms with van der Waals surface area (Å²) in [6.45, 7) is 6.70. The normalized spacial score (nSPS) is 27.2. The number of carbonyl (C=O) groups excluding carboxylic acids is 7. The molecule has 115 heavy (non-hydrogen) atoms. The second-order valence-corrected chi connectivity index (χ2v) is 30.5.